The molecule has 7 heteroatoms. The van der Waals surface area contributed by atoms with Crippen molar-refractivity contribution in [2.24, 2.45) is 0 Å². The van der Waals surface area contributed by atoms with E-state index in [2.05, 4.69) is 20.4 Å². The van der Waals surface area contributed by atoms with Gasteiger partial charge >= 0.3 is 0 Å². The number of rotatable bonds is 4. The van der Waals surface area contributed by atoms with Crippen molar-refractivity contribution >= 4 is 11.6 Å². The van der Waals surface area contributed by atoms with Crippen molar-refractivity contribution < 1.29 is 4.79 Å². The Kier molecular flexibility index (Phi) is 3.52. The van der Waals surface area contributed by atoms with Crippen molar-refractivity contribution in [2.45, 2.75) is 13.5 Å². The highest BCUT2D eigenvalue weighted by Gasteiger charge is 2.06. The standard InChI is InChI=1S/C11H14N6O/c1-8-4-15-10(6-14-8)11(18)13-2-3-17-7-9(12)5-16-17/h4-7H,2-3,12H2,1H3,(H,13,18). The quantitative estimate of drug-likeness (QED) is 0.790. The van der Waals surface area contributed by atoms with Crippen LogP contribution in [0.5, 0.6) is 0 Å². The number of nitrogens with one attached hydrogen (secondary N) is 1. The molecule has 0 aromatic carbocycles. The summed E-state index contributed by atoms with van der Waals surface area (Å²) in [6.07, 6.45) is 6.28. The lowest BCUT2D eigenvalue weighted by atomic mass is 10.4. The molecule has 0 fully saturated rings. The van der Waals surface area contributed by atoms with Crippen LogP contribution in [0.1, 0.15) is 16.2 Å². The second-order valence-electron chi connectivity index (χ2n) is 3.84. The third-order valence-electron chi connectivity index (χ3n) is 2.29. The summed E-state index contributed by atoms with van der Waals surface area (Å²) in [6.45, 7) is 2.83. The zero-order valence-corrected chi connectivity index (χ0v) is 10.00. The van der Waals surface area contributed by atoms with Crippen LogP contribution in [0.2, 0.25) is 0 Å². The van der Waals surface area contributed by atoms with E-state index in [0.29, 0.717) is 24.5 Å². The zero-order valence-electron chi connectivity index (χ0n) is 10.00. The molecular formula is C11H14N6O. The Morgan fingerprint density at radius 1 is 1.39 bits per heavy atom. The highest BCUT2D eigenvalue weighted by Crippen LogP contribution is 1.97. The molecular weight excluding hydrogens is 232 g/mol. The Labute approximate surface area is 104 Å². The number of aryl methyl sites for hydroxylation is 1. The monoisotopic (exact) mass is 246 g/mol. The summed E-state index contributed by atoms with van der Waals surface area (Å²) in [5, 5.41) is 6.74. The van der Waals surface area contributed by atoms with E-state index in [9.17, 15) is 4.79 Å². The van der Waals surface area contributed by atoms with Crippen LogP contribution in [0.4, 0.5) is 5.69 Å². The van der Waals surface area contributed by atoms with Crippen molar-refractivity contribution in [2.75, 3.05) is 12.3 Å². The molecule has 7 nitrogen and oxygen atoms in total. The van der Waals surface area contributed by atoms with Crippen LogP contribution in [0.3, 0.4) is 0 Å². The first-order chi connectivity index (χ1) is 8.65. The minimum Gasteiger partial charge on any atom is -0.396 e. The van der Waals surface area contributed by atoms with Gasteiger partial charge < -0.3 is 11.1 Å². The van der Waals surface area contributed by atoms with Crippen molar-refractivity contribution in [1.29, 1.82) is 0 Å². The smallest absolute Gasteiger partial charge is 0.271 e. The normalized spacial score (nSPS) is 10.3. The van der Waals surface area contributed by atoms with Gasteiger partial charge in [0.05, 0.1) is 30.3 Å². The lowest BCUT2D eigenvalue weighted by molar-refractivity contribution is 0.0946. The van der Waals surface area contributed by atoms with E-state index in [1.54, 1.807) is 23.3 Å². The highest BCUT2D eigenvalue weighted by atomic mass is 16.1. The summed E-state index contributed by atoms with van der Waals surface area (Å²) >= 11 is 0. The molecule has 0 radical (unpaired) electrons. The third-order valence-corrected chi connectivity index (χ3v) is 2.29. The van der Waals surface area contributed by atoms with E-state index in [-0.39, 0.29) is 5.91 Å². The first-order valence-corrected chi connectivity index (χ1v) is 5.50. The maximum absolute atomic E-state index is 11.7. The molecule has 0 spiro atoms. The fourth-order valence-corrected chi connectivity index (χ4v) is 1.39. The predicted molar refractivity (Wildman–Crippen MR) is 65.7 cm³/mol. The van der Waals surface area contributed by atoms with Crippen LogP contribution in [-0.2, 0) is 6.54 Å². The van der Waals surface area contributed by atoms with Gasteiger partial charge in [-0.1, -0.05) is 0 Å². The third kappa shape index (κ3) is 3.03. The first-order valence-electron chi connectivity index (χ1n) is 5.50. The molecule has 0 atom stereocenters. The van der Waals surface area contributed by atoms with Crippen molar-refractivity contribution in [3.8, 4) is 0 Å². The van der Waals surface area contributed by atoms with E-state index in [0.717, 1.165) is 5.69 Å². The molecule has 3 N–H and O–H groups in total. The topological polar surface area (TPSA) is 98.7 Å². The summed E-state index contributed by atoms with van der Waals surface area (Å²) < 4.78 is 1.66. The van der Waals surface area contributed by atoms with Crippen LogP contribution in [0.25, 0.3) is 0 Å². The number of hydrogen-bond acceptors (Lipinski definition) is 5. The van der Waals surface area contributed by atoms with Crippen molar-refractivity contribution in [1.82, 2.24) is 25.1 Å². The van der Waals surface area contributed by atoms with Gasteiger partial charge in [-0.15, -0.1) is 0 Å². The maximum atomic E-state index is 11.7. The van der Waals surface area contributed by atoms with Gasteiger partial charge in [0.2, 0.25) is 0 Å². The average Bonchev–Trinajstić information content (AvgIpc) is 2.76. The molecule has 0 saturated heterocycles. The molecule has 0 bridgehead atoms. The summed E-state index contributed by atoms with van der Waals surface area (Å²) in [5.41, 5.74) is 7.21. The number of nitrogens with zero attached hydrogens (tertiary/aromatic N) is 4. The fourth-order valence-electron chi connectivity index (χ4n) is 1.39. The molecule has 2 rings (SSSR count). The Morgan fingerprint density at radius 3 is 2.83 bits per heavy atom. The summed E-state index contributed by atoms with van der Waals surface area (Å²) in [5.74, 6) is -0.248. The molecule has 0 aliphatic carbocycles. The Balaban J connectivity index is 1.83. The molecule has 1 amide bonds. The number of carbonyl (C=O) groups is 1. The molecule has 94 valence electrons. The van der Waals surface area contributed by atoms with Gasteiger partial charge in [-0.3, -0.25) is 14.5 Å². The van der Waals surface area contributed by atoms with Crippen LogP contribution >= 0.6 is 0 Å². The van der Waals surface area contributed by atoms with E-state index >= 15 is 0 Å². The van der Waals surface area contributed by atoms with Gasteiger partial charge in [-0.05, 0) is 6.92 Å². The maximum Gasteiger partial charge on any atom is 0.271 e. The van der Waals surface area contributed by atoms with E-state index in [1.165, 1.54) is 6.20 Å². The fraction of sp³-hybridized carbons (Fsp3) is 0.273. The number of hydrogen-bond donors (Lipinski definition) is 2. The Hall–Kier alpha value is -2.44. The van der Waals surface area contributed by atoms with E-state index < -0.39 is 0 Å². The molecule has 0 saturated carbocycles. The largest absolute Gasteiger partial charge is 0.396 e. The van der Waals surface area contributed by atoms with Gasteiger partial charge in [0.15, 0.2) is 0 Å². The summed E-state index contributed by atoms with van der Waals surface area (Å²) in [4.78, 5) is 19.7. The number of amides is 1. The number of carbonyl (C=O) groups excluding carboxylic acids is 1. The van der Waals surface area contributed by atoms with Gasteiger partial charge in [0.1, 0.15) is 5.69 Å². The van der Waals surface area contributed by atoms with Gasteiger partial charge in [0, 0.05) is 18.9 Å². The highest BCUT2D eigenvalue weighted by molar-refractivity contribution is 5.91. The zero-order chi connectivity index (χ0) is 13.0. The Morgan fingerprint density at radius 2 is 2.22 bits per heavy atom. The van der Waals surface area contributed by atoms with Gasteiger partial charge in [-0.25, -0.2) is 4.98 Å². The molecule has 2 heterocycles. The number of aromatic nitrogens is 4. The lowest BCUT2D eigenvalue weighted by Crippen LogP contribution is -2.28. The Bertz CT molecular complexity index is 533. The van der Waals surface area contributed by atoms with Crippen LogP contribution < -0.4 is 11.1 Å². The minimum absolute atomic E-state index is 0.248. The van der Waals surface area contributed by atoms with Crippen molar-refractivity contribution in [3.05, 3.63) is 36.2 Å². The average molecular weight is 246 g/mol. The van der Waals surface area contributed by atoms with Gasteiger partial charge in [-0.2, -0.15) is 5.10 Å². The lowest BCUT2D eigenvalue weighted by Gasteiger charge is -2.04. The second-order valence-corrected chi connectivity index (χ2v) is 3.84. The predicted octanol–water partition coefficient (Wildman–Crippen LogP) is -0.00628. The molecule has 18 heavy (non-hydrogen) atoms. The summed E-state index contributed by atoms with van der Waals surface area (Å²) in [7, 11) is 0. The van der Waals surface area contributed by atoms with Crippen molar-refractivity contribution in [3.63, 3.8) is 0 Å². The number of nitrogen functional groups attached to an aromatic ring is 1. The summed E-state index contributed by atoms with van der Waals surface area (Å²) in [6, 6.07) is 0. The number of anilines is 1. The van der Waals surface area contributed by atoms with Crippen LogP contribution in [-0.4, -0.2) is 32.2 Å². The second kappa shape index (κ2) is 5.26. The molecule has 0 aliphatic heterocycles. The molecule has 0 unspecified atom stereocenters. The number of nitrogens with two attached hydrogens (primary N) is 1. The van der Waals surface area contributed by atoms with Gasteiger partial charge in [0.25, 0.3) is 5.91 Å². The van der Waals surface area contributed by atoms with E-state index in [4.69, 9.17) is 5.73 Å². The molecule has 2 aromatic heterocycles. The molecule has 2 aromatic rings. The van der Waals surface area contributed by atoms with E-state index in [1.807, 2.05) is 6.92 Å². The van der Waals surface area contributed by atoms with Crippen LogP contribution in [0, 0.1) is 6.92 Å². The van der Waals surface area contributed by atoms with Crippen LogP contribution in [0.15, 0.2) is 24.8 Å². The first kappa shape index (κ1) is 12.0. The minimum atomic E-state index is -0.248. The SMILES string of the molecule is Cc1cnc(C(=O)NCCn2cc(N)cn2)cn1. The molecule has 0 aliphatic rings.